The number of hydrogen-bond donors (Lipinski definition) is 1. The lowest BCUT2D eigenvalue weighted by atomic mass is 10.2. The van der Waals surface area contributed by atoms with E-state index in [0.29, 0.717) is 0 Å². The molecule has 1 fully saturated rings. The highest BCUT2D eigenvalue weighted by molar-refractivity contribution is 5.77. The van der Waals surface area contributed by atoms with E-state index in [1.807, 2.05) is 24.3 Å². The minimum absolute atomic E-state index is 0.0782. The van der Waals surface area contributed by atoms with Gasteiger partial charge in [0.1, 0.15) is 11.3 Å². The fourth-order valence-corrected chi connectivity index (χ4v) is 2.53. The Morgan fingerprint density at radius 3 is 3.00 bits per heavy atom. The van der Waals surface area contributed by atoms with E-state index < -0.39 is 0 Å². The van der Waals surface area contributed by atoms with Gasteiger partial charge in [0.25, 0.3) is 0 Å². The minimum atomic E-state index is -0.0782. The quantitative estimate of drug-likeness (QED) is 0.918. The Labute approximate surface area is 113 Å². The van der Waals surface area contributed by atoms with Crippen molar-refractivity contribution in [1.29, 1.82) is 0 Å². The minimum Gasteiger partial charge on any atom is -0.459 e. The molecule has 2 heterocycles. The summed E-state index contributed by atoms with van der Waals surface area (Å²) in [5, 5.41) is 1.12. The van der Waals surface area contributed by atoms with Gasteiger partial charge in [0.2, 0.25) is 0 Å². The van der Waals surface area contributed by atoms with Crippen LogP contribution in [0.1, 0.15) is 18.2 Å². The second kappa shape index (κ2) is 5.74. The average Bonchev–Trinajstić information content (AvgIpc) is 2.70. The summed E-state index contributed by atoms with van der Waals surface area (Å²) in [6.07, 6.45) is 1.08. The normalized spacial score (nSPS) is 19.4. The van der Waals surface area contributed by atoms with Crippen LogP contribution in [0.3, 0.4) is 0 Å². The van der Waals surface area contributed by atoms with Crippen molar-refractivity contribution in [2.45, 2.75) is 12.5 Å². The van der Waals surface area contributed by atoms with Crippen LogP contribution in [0.15, 0.2) is 34.7 Å². The maximum absolute atomic E-state index is 6.26. The Kier molecular flexibility index (Phi) is 3.82. The van der Waals surface area contributed by atoms with E-state index in [2.05, 4.69) is 11.0 Å². The molecule has 0 radical (unpaired) electrons. The third kappa shape index (κ3) is 2.97. The summed E-state index contributed by atoms with van der Waals surface area (Å²) in [7, 11) is 0. The van der Waals surface area contributed by atoms with Crippen LogP contribution in [0.2, 0.25) is 0 Å². The van der Waals surface area contributed by atoms with Crippen LogP contribution >= 0.6 is 0 Å². The Hall–Kier alpha value is -1.36. The summed E-state index contributed by atoms with van der Waals surface area (Å²) < 4.78 is 11.3. The Balaban J connectivity index is 1.70. The van der Waals surface area contributed by atoms with Crippen LogP contribution < -0.4 is 5.73 Å². The van der Waals surface area contributed by atoms with Gasteiger partial charge in [0, 0.05) is 31.6 Å². The Bertz CT molecular complexity index is 497. The monoisotopic (exact) mass is 260 g/mol. The topological polar surface area (TPSA) is 51.6 Å². The predicted octanol–water partition coefficient (Wildman–Crippen LogP) is 2.15. The summed E-state index contributed by atoms with van der Waals surface area (Å²) >= 11 is 0. The van der Waals surface area contributed by atoms with Crippen LogP contribution in [0.4, 0.5) is 0 Å². The highest BCUT2D eigenvalue weighted by Crippen LogP contribution is 2.23. The largest absolute Gasteiger partial charge is 0.459 e. The van der Waals surface area contributed by atoms with Gasteiger partial charge in [0.05, 0.1) is 12.6 Å². The maximum atomic E-state index is 6.26. The highest BCUT2D eigenvalue weighted by Gasteiger charge is 2.17. The molecule has 4 heteroatoms. The van der Waals surface area contributed by atoms with Gasteiger partial charge in [-0.1, -0.05) is 18.2 Å². The van der Waals surface area contributed by atoms with E-state index in [9.17, 15) is 0 Å². The molecule has 3 rings (SSSR count). The number of rotatable bonds is 3. The molecule has 2 aromatic rings. The third-order valence-corrected chi connectivity index (χ3v) is 3.58. The lowest BCUT2D eigenvalue weighted by Gasteiger charge is -2.22. The molecule has 102 valence electrons. The standard InChI is InChI=1S/C15H20N2O2/c16-13(11-17-6-3-8-18-9-7-17)15-10-12-4-1-2-5-14(12)19-15/h1-2,4-5,10,13H,3,6-9,11,16H2. The first-order valence-electron chi connectivity index (χ1n) is 6.87. The third-order valence-electron chi connectivity index (χ3n) is 3.58. The molecule has 4 nitrogen and oxygen atoms in total. The van der Waals surface area contributed by atoms with Gasteiger partial charge in [-0.2, -0.15) is 0 Å². The number of benzene rings is 1. The first kappa shape index (κ1) is 12.7. The smallest absolute Gasteiger partial charge is 0.134 e. The summed E-state index contributed by atoms with van der Waals surface area (Å²) in [5.41, 5.74) is 7.17. The van der Waals surface area contributed by atoms with Crippen molar-refractivity contribution in [2.75, 3.05) is 32.8 Å². The second-order valence-corrected chi connectivity index (χ2v) is 5.06. The SMILES string of the molecule is NC(CN1CCCOCC1)c1cc2ccccc2o1. The molecular weight excluding hydrogens is 240 g/mol. The predicted molar refractivity (Wildman–Crippen MR) is 75.0 cm³/mol. The van der Waals surface area contributed by atoms with Crippen molar-refractivity contribution in [3.05, 3.63) is 36.1 Å². The number of nitrogens with two attached hydrogens (primary N) is 1. The van der Waals surface area contributed by atoms with E-state index in [0.717, 1.165) is 56.0 Å². The fraction of sp³-hybridized carbons (Fsp3) is 0.467. The van der Waals surface area contributed by atoms with Crippen molar-refractivity contribution in [3.8, 4) is 0 Å². The molecular formula is C15H20N2O2. The van der Waals surface area contributed by atoms with Gasteiger partial charge < -0.3 is 14.9 Å². The molecule has 2 N–H and O–H groups in total. The number of furan rings is 1. The zero-order chi connectivity index (χ0) is 13.1. The summed E-state index contributed by atoms with van der Waals surface area (Å²) in [5.74, 6) is 0.867. The van der Waals surface area contributed by atoms with E-state index in [4.69, 9.17) is 14.9 Å². The summed E-state index contributed by atoms with van der Waals surface area (Å²) in [6.45, 7) is 4.48. The van der Waals surface area contributed by atoms with Gasteiger partial charge >= 0.3 is 0 Å². The molecule has 0 amide bonds. The Morgan fingerprint density at radius 2 is 2.11 bits per heavy atom. The molecule has 1 aliphatic heterocycles. The van der Waals surface area contributed by atoms with Crippen LogP contribution in [0.25, 0.3) is 11.0 Å². The van der Waals surface area contributed by atoms with Crippen molar-refractivity contribution < 1.29 is 9.15 Å². The fourth-order valence-electron chi connectivity index (χ4n) is 2.53. The van der Waals surface area contributed by atoms with Crippen molar-refractivity contribution in [1.82, 2.24) is 4.90 Å². The van der Waals surface area contributed by atoms with Crippen molar-refractivity contribution >= 4 is 11.0 Å². The number of hydrogen-bond acceptors (Lipinski definition) is 4. The lowest BCUT2D eigenvalue weighted by molar-refractivity contribution is 0.140. The van der Waals surface area contributed by atoms with Crippen LogP contribution in [0.5, 0.6) is 0 Å². The molecule has 19 heavy (non-hydrogen) atoms. The van der Waals surface area contributed by atoms with Gasteiger partial charge in [-0.15, -0.1) is 0 Å². The number of fused-ring (bicyclic) bond motifs is 1. The van der Waals surface area contributed by atoms with Gasteiger partial charge in [0.15, 0.2) is 0 Å². The van der Waals surface area contributed by atoms with Crippen LogP contribution in [0, 0.1) is 0 Å². The molecule has 1 atom stereocenters. The van der Waals surface area contributed by atoms with Gasteiger partial charge in [-0.05, 0) is 18.6 Å². The van der Waals surface area contributed by atoms with Crippen LogP contribution in [-0.2, 0) is 4.74 Å². The van der Waals surface area contributed by atoms with Gasteiger partial charge in [-0.25, -0.2) is 0 Å². The van der Waals surface area contributed by atoms with Crippen molar-refractivity contribution in [3.63, 3.8) is 0 Å². The number of nitrogens with zero attached hydrogens (tertiary/aromatic N) is 1. The lowest BCUT2D eigenvalue weighted by Crippen LogP contribution is -2.33. The Morgan fingerprint density at radius 1 is 1.21 bits per heavy atom. The molecule has 0 spiro atoms. The summed E-state index contributed by atoms with van der Waals surface area (Å²) in [6, 6.07) is 9.99. The van der Waals surface area contributed by atoms with E-state index in [1.54, 1.807) is 0 Å². The van der Waals surface area contributed by atoms with Crippen LogP contribution in [-0.4, -0.2) is 37.7 Å². The first-order valence-corrected chi connectivity index (χ1v) is 6.87. The molecule has 1 saturated heterocycles. The number of ether oxygens (including phenoxy) is 1. The molecule has 1 unspecified atom stereocenters. The zero-order valence-corrected chi connectivity index (χ0v) is 11.0. The van der Waals surface area contributed by atoms with Gasteiger partial charge in [-0.3, -0.25) is 4.90 Å². The molecule has 0 aliphatic carbocycles. The maximum Gasteiger partial charge on any atom is 0.134 e. The zero-order valence-electron chi connectivity index (χ0n) is 11.0. The molecule has 1 aliphatic rings. The number of para-hydroxylation sites is 1. The summed E-state index contributed by atoms with van der Waals surface area (Å²) in [4.78, 5) is 2.35. The highest BCUT2D eigenvalue weighted by atomic mass is 16.5. The second-order valence-electron chi connectivity index (χ2n) is 5.06. The van der Waals surface area contributed by atoms with Crippen molar-refractivity contribution in [2.24, 2.45) is 5.73 Å². The molecule has 1 aromatic carbocycles. The van der Waals surface area contributed by atoms with E-state index in [1.165, 1.54) is 0 Å². The average molecular weight is 260 g/mol. The molecule has 0 saturated carbocycles. The van der Waals surface area contributed by atoms with E-state index in [-0.39, 0.29) is 6.04 Å². The first-order chi connectivity index (χ1) is 9.33. The van der Waals surface area contributed by atoms with E-state index >= 15 is 0 Å². The molecule has 1 aromatic heterocycles. The molecule has 0 bridgehead atoms.